The molecule has 0 unspecified atom stereocenters. The summed E-state index contributed by atoms with van der Waals surface area (Å²) >= 11 is 0. The number of carbonyl (C=O) groups is 2. The molecule has 0 aliphatic heterocycles. The van der Waals surface area contributed by atoms with Gasteiger partial charge in [0.25, 0.3) is 5.91 Å². The van der Waals surface area contributed by atoms with Crippen molar-refractivity contribution in [1.29, 1.82) is 0 Å². The van der Waals surface area contributed by atoms with E-state index >= 15 is 0 Å². The quantitative estimate of drug-likeness (QED) is 0.749. The Hall–Kier alpha value is -2.82. The van der Waals surface area contributed by atoms with Gasteiger partial charge < -0.3 is 4.74 Å². The summed E-state index contributed by atoms with van der Waals surface area (Å²) in [5, 5.41) is 0. The highest BCUT2D eigenvalue weighted by Gasteiger charge is 2.20. The third kappa shape index (κ3) is 5.34. The lowest BCUT2D eigenvalue weighted by Crippen LogP contribution is -2.45. The number of benzene rings is 2. The summed E-state index contributed by atoms with van der Waals surface area (Å²) in [6.07, 6.45) is 1.58. The summed E-state index contributed by atoms with van der Waals surface area (Å²) in [5.74, 6) is -0.217. The van der Waals surface area contributed by atoms with Gasteiger partial charge >= 0.3 is 0 Å². The predicted molar refractivity (Wildman–Crippen MR) is 102 cm³/mol. The van der Waals surface area contributed by atoms with Crippen molar-refractivity contribution < 1.29 is 14.3 Å². The number of carbonyl (C=O) groups excluding carboxylic acids is 2. The molecule has 0 heterocycles. The minimum atomic E-state index is -0.399. The van der Waals surface area contributed by atoms with E-state index in [2.05, 4.69) is 10.9 Å². The Bertz CT molecular complexity index is 724. The van der Waals surface area contributed by atoms with Crippen molar-refractivity contribution in [2.45, 2.75) is 39.5 Å². The molecule has 0 aromatic heterocycles. The topological polar surface area (TPSA) is 67.4 Å². The lowest BCUT2D eigenvalue weighted by Gasteiger charge is -2.17. The SMILES string of the molecule is CCC[C@H](C(=O)NNC(=O)COc1c(C)cccc1C)c1ccccc1. The Labute approximate surface area is 154 Å². The number of hydrogen-bond acceptors (Lipinski definition) is 3. The highest BCUT2D eigenvalue weighted by atomic mass is 16.5. The maximum Gasteiger partial charge on any atom is 0.276 e. The van der Waals surface area contributed by atoms with Crippen LogP contribution in [0.4, 0.5) is 0 Å². The molecule has 26 heavy (non-hydrogen) atoms. The van der Waals surface area contributed by atoms with E-state index in [1.807, 2.05) is 69.3 Å². The van der Waals surface area contributed by atoms with Crippen molar-refractivity contribution in [3.05, 3.63) is 65.2 Å². The average Bonchev–Trinajstić information content (AvgIpc) is 2.64. The first kappa shape index (κ1) is 19.5. The van der Waals surface area contributed by atoms with Crippen LogP contribution in [0.15, 0.2) is 48.5 Å². The molecule has 1 atom stereocenters. The van der Waals surface area contributed by atoms with Crippen molar-refractivity contribution in [3.8, 4) is 5.75 Å². The van der Waals surface area contributed by atoms with Crippen LogP contribution in [0.2, 0.25) is 0 Å². The molecule has 5 heteroatoms. The van der Waals surface area contributed by atoms with Crippen molar-refractivity contribution in [3.63, 3.8) is 0 Å². The fourth-order valence-electron chi connectivity index (χ4n) is 2.84. The van der Waals surface area contributed by atoms with E-state index in [0.717, 1.165) is 23.1 Å². The molecule has 0 saturated carbocycles. The molecule has 0 fully saturated rings. The summed E-state index contributed by atoms with van der Waals surface area (Å²) in [4.78, 5) is 24.5. The summed E-state index contributed by atoms with van der Waals surface area (Å²) < 4.78 is 5.59. The first-order valence-electron chi connectivity index (χ1n) is 8.85. The summed E-state index contributed by atoms with van der Waals surface area (Å²) in [6.45, 7) is 5.73. The van der Waals surface area contributed by atoms with Crippen LogP contribution in [-0.4, -0.2) is 18.4 Å². The molecular formula is C21H26N2O3. The first-order chi connectivity index (χ1) is 12.5. The molecule has 2 amide bonds. The molecule has 0 radical (unpaired) electrons. The van der Waals surface area contributed by atoms with E-state index in [1.54, 1.807) is 0 Å². The van der Waals surface area contributed by atoms with E-state index in [1.165, 1.54) is 0 Å². The number of aryl methyl sites for hydroxylation is 2. The number of ether oxygens (including phenoxy) is 1. The molecule has 0 spiro atoms. The Morgan fingerprint density at radius 3 is 2.23 bits per heavy atom. The average molecular weight is 354 g/mol. The molecule has 0 aliphatic carbocycles. The highest BCUT2D eigenvalue weighted by Crippen LogP contribution is 2.22. The highest BCUT2D eigenvalue weighted by molar-refractivity contribution is 5.86. The molecule has 0 aliphatic rings. The molecule has 2 aromatic carbocycles. The van der Waals surface area contributed by atoms with Crippen LogP contribution in [-0.2, 0) is 9.59 Å². The normalized spacial score (nSPS) is 11.5. The van der Waals surface area contributed by atoms with E-state index in [0.29, 0.717) is 12.2 Å². The number of nitrogens with one attached hydrogen (secondary N) is 2. The van der Waals surface area contributed by atoms with Gasteiger partial charge in [-0.1, -0.05) is 61.9 Å². The van der Waals surface area contributed by atoms with Crippen LogP contribution in [0, 0.1) is 13.8 Å². The van der Waals surface area contributed by atoms with E-state index < -0.39 is 5.91 Å². The number of rotatable bonds is 7. The summed E-state index contributed by atoms with van der Waals surface area (Å²) in [5.41, 5.74) is 7.82. The third-order valence-electron chi connectivity index (χ3n) is 4.18. The minimum absolute atomic E-state index is 0.157. The van der Waals surface area contributed by atoms with Gasteiger partial charge in [-0.05, 0) is 37.0 Å². The Morgan fingerprint density at radius 2 is 1.62 bits per heavy atom. The second kappa shape index (κ2) is 9.61. The number of hydrogen-bond donors (Lipinski definition) is 2. The maximum absolute atomic E-state index is 12.5. The Balaban J connectivity index is 1.88. The van der Waals surface area contributed by atoms with Crippen LogP contribution < -0.4 is 15.6 Å². The van der Waals surface area contributed by atoms with Gasteiger partial charge in [0.2, 0.25) is 5.91 Å². The summed E-state index contributed by atoms with van der Waals surface area (Å²) in [6, 6.07) is 15.4. The van der Waals surface area contributed by atoms with Crippen molar-refractivity contribution in [2.75, 3.05) is 6.61 Å². The zero-order valence-corrected chi connectivity index (χ0v) is 15.5. The lowest BCUT2D eigenvalue weighted by atomic mass is 9.94. The second-order valence-electron chi connectivity index (χ2n) is 6.30. The zero-order chi connectivity index (χ0) is 18.9. The zero-order valence-electron chi connectivity index (χ0n) is 15.5. The van der Waals surface area contributed by atoms with Gasteiger partial charge in [-0.15, -0.1) is 0 Å². The van der Waals surface area contributed by atoms with Gasteiger partial charge in [0.15, 0.2) is 6.61 Å². The molecular weight excluding hydrogens is 328 g/mol. The Kier molecular flexibility index (Phi) is 7.21. The van der Waals surface area contributed by atoms with Gasteiger partial charge in [0.05, 0.1) is 5.92 Å². The van der Waals surface area contributed by atoms with E-state index in [-0.39, 0.29) is 18.4 Å². The van der Waals surface area contributed by atoms with Crippen LogP contribution in [0.3, 0.4) is 0 Å². The molecule has 2 rings (SSSR count). The van der Waals surface area contributed by atoms with Crippen molar-refractivity contribution >= 4 is 11.8 Å². The molecule has 5 nitrogen and oxygen atoms in total. The monoisotopic (exact) mass is 354 g/mol. The maximum atomic E-state index is 12.5. The second-order valence-corrected chi connectivity index (χ2v) is 6.30. The smallest absolute Gasteiger partial charge is 0.276 e. The predicted octanol–water partition coefficient (Wildman–Crippen LogP) is 3.41. The molecule has 0 saturated heterocycles. The Morgan fingerprint density at radius 1 is 0.962 bits per heavy atom. The van der Waals surface area contributed by atoms with E-state index in [4.69, 9.17) is 4.74 Å². The first-order valence-corrected chi connectivity index (χ1v) is 8.85. The third-order valence-corrected chi connectivity index (χ3v) is 4.18. The van der Waals surface area contributed by atoms with Crippen LogP contribution in [0.5, 0.6) is 5.75 Å². The van der Waals surface area contributed by atoms with Gasteiger partial charge in [-0.25, -0.2) is 0 Å². The van der Waals surface area contributed by atoms with Gasteiger partial charge in [0.1, 0.15) is 5.75 Å². The van der Waals surface area contributed by atoms with Crippen LogP contribution >= 0.6 is 0 Å². The number of hydrazine groups is 1. The lowest BCUT2D eigenvalue weighted by molar-refractivity contribution is -0.130. The van der Waals surface area contributed by atoms with E-state index in [9.17, 15) is 9.59 Å². The fraction of sp³-hybridized carbons (Fsp3) is 0.333. The van der Waals surface area contributed by atoms with Crippen molar-refractivity contribution in [1.82, 2.24) is 10.9 Å². The molecule has 2 N–H and O–H groups in total. The summed E-state index contributed by atoms with van der Waals surface area (Å²) in [7, 11) is 0. The largest absolute Gasteiger partial charge is 0.483 e. The number of amides is 2. The van der Waals surface area contributed by atoms with Crippen LogP contribution in [0.25, 0.3) is 0 Å². The van der Waals surface area contributed by atoms with Gasteiger partial charge in [-0.3, -0.25) is 20.4 Å². The number of para-hydroxylation sites is 1. The van der Waals surface area contributed by atoms with Gasteiger partial charge in [0, 0.05) is 0 Å². The van der Waals surface area contributed by atoms with Gasteiger partial charge in [-0.2, -0.15) is 0 Å². The van der Waals surface area contributed by atoms with Crippen molar-refractivity contribution in [2.24, 2.45) is 0 Å². The van der Waals surface area contributed by atoms with Crippen LogP contribution in [0.1, 0.15) is 42.4 Å². The fourth-order valence-corrected chi connectivity index (χ4v) is 2.84. The minimum Gasteiger partial charge on any atom is -0.483 e. The standard InChI is InChI=1S/C21H26N2O3/c1-4-9-18(17-12-6-5-7-13-17)21(25)23-22-19(24)14-26-20-15(2)10-8-11-16(20)3/h5-8,10-13,18H,4,9,14H2,1-3H3,(H,22,24)(H,23,25)/t18-/m0/s1. The molecule has 0 bridgehead atoms. The molecule has 138 valence electrons. The molecule has 2 aromatic rings.